The van der Waals surface area contributed by atoms with E-state index in [1.54, 1.807) is 18.2 Å². The van der Waals surface area contributed by atoms with Crippen molar-refractivity contribution in [2.24, 2.45) is 0 Å². The molecule has 0 aliphatic carbocycles. The summed E-state index contributed by atoms with van der Waals surface area (Å²) in [7, 11) is 0. The molecule has 2 N–H and O–H groups in total. The fourth-order valence-corrected chi connectivity index (χ4v) is 2.20. The van der Waals surface area contributed by atoms with Crippen molar-refractivity contribution < 1.29 is 5.11 Å². The van der Waals surface area contributed by atoms with Gasteiger partial charge in [0.05, 0.1) is 11.1 Å². The summed E-state index contributed by atoms with van der Waals surface area (Å²) in [6, 6.07) is 12.9. The molecule has 0 heterocycles. The Balaban J connectivity index is 2.18. The van der Waals surface area contributed by atoms with Crippen LogP contribution in [-0.4, -0.2) is 5.11 Å². The number of benzene rings is 2. The normalized spacial score (nSPS) is 9.71. The van der Waals surface area contributed by atoms with Crippen LogP contribution >= 0.6 is 0 Å². The fourth-order valence-electron chi connectivity index (χ4n) is 2.20. The summed E-state index contributed by atoms with van der Waals surface area (Å²) in [6.07, 6.45) is 0. The van der Waals surface area contributed by atoms with E-state index < -0.39 is 0 Å². The van der Waals surface area contributed by atoms with E-state index in [2.05, 4.69) is 5.32 Å². The number of aryl methyl sites for hydroxylation is 2. The number of phenolic OH excluding ortho intramolecular Hbond substituents is 1. The lowest BCUT2D eigenvalue weighted by Crippen LogP contribution is -2.01. The van der Waals surface area contributed by atoms with Crippen molar-refractivity contribution in [3.05, 3.63) is 58.1 Å². The first kappa shape index (κ1) is 14.4. The quantitative estimate of drug-likeness (QED) is 0.901. The Morgan fingerprint density at radius 2 is 1.62 bits per heavy atom. The highest BCUT2D eigenvalue weighted by Crippen LogP contribution is 2.23. The number of hydrogen-bond acceptors (Lipinski definition) is 4. The van der Waals surface area contributed by atoms with Gasteiger partial charge < -0.3 is 10.4 Å². The van der Waals surface area contributed by atoms with Gasteiger partial charge in [-0.2, -0.15) is 10.5 Å². The molecule has 0 bridgehead atoms. The Labute approximate surface area is 123 Å². The summed E-state index contributed by atoms with van der Waals surface area (Å²) in [5, 5.41) is 30.9. The molecule has 0 unspecified atom stereocenters. The maximum atomic E-state index is 9.75. The van der Waals surface area contributed by atoms with Crippen molar-refractivity contribution in [2.45, 2.75) is 20.4 Å². The Kier molecular flexibility index (Phi) is 4.11. The molecule has 0 fully saturated rings. The standard InChI is InChI=1S/C17H15N3O/c1-11-5-13(6-12(2)17(11)21)10-20-16-4-3-14(8-18)15(7-16)9-19/h3-7,20-21H,10H2,1-2H3. The smallest absolute Gasteiger partial charge is 0.121 e. The predicted molar refractivity (Wildman–Crippen MR) is 80.8 cm³/mol. The van der Waals surface area contributed by atoms with Crippen molar-refractivity contribution in [2.75, 3.05) is 5.32 Å². The number of anilines is 1. The third-order valence-electron chi connectivity index (χ3n) is 3.31. The van der Waals surface area contributed by atoms with Crippen LogP contribution in [0, 0.1) is 36.5 Å². The number of hydrogen-bond donors (Lipinski definition) is 2. The average Bonchev–Trinajstić information content (AvgIpc) is 2.50. The van der Waals surface area contributed by atoms with Crippen molar-refractivity contribution in [3.8, 4) is 17.9 Å². The van der Waals surface area contributed by atoms with E-state index in [4.69, 9.17) is 10.5 Å². The first-order chi connectivity index (χ1) is 10.0. The van der Waals surface area contributed by atoms with Crippen LogP contribution in [0.15, 0.2) is 30.3 Å². The zero-order chi connectivity index (χ0) is 15.4. The molecule has 2 aromatic rings. The molecular formula is C17H15N3O. The molecule has 4 heteroatoms. The highest BCUT2D eigenvalue weighted by atomic mass is 16.3. The van der Waals surface area contributed by atoms with Crippen LogP contribution in [0.5, 0.6) is 5.75 Å². The summed E-state index contributed by atoms with van der Waals surface area (Å²) in [5.41, 5.74) is 4.24. The molecule has 2 aromatic carbocycles. The molecule has 0 saturated heterocycles. The van der Waals surface area contributed by atoms with E-state index in [0.717, 1.165) is 22.4 Å². The minimum absolute atomic E-state index is 0.323. The lowest BCUT2D eigenvalue weighted by atomic mass is 10.1. The van der Waals surface area contributed by atoms with Gasteiger partial charge in [0.15, 0.2) is 0 Å². The van der Waals surface area contributed by atoms with Crippen LogP contribution in [0.2, 0.25) is 0 Å². The summed E-state index contributed by atoms with van der Waals surface area (Å²) in [4.78, 5) is 0. The second-order valence-corrected chi connectivity index (χ2v) is 4.92. The topological polar surface area (TPSA) is 79.8 Å². The highest BCUT2D eigenvalue weighted by molar-refractivity contribution is 5.56. The molecule has 0 radical (unpaired) electrons. The van der Waals surface area contributed by atoms with Crippen LogP contribution < -0.4 is 5.32 Å². The van der Waals surface area contributed by atoms with Crippen molar-refractivity contribution in [1.82, 2.24) is 0 Å². The first-order valence-electron chi connectivity index (χ1n) is 6.52. The Morgan fingerprint density at radius 1 is 1.00 bits per heavy atom. The second-order valence-electron chi connectivity index (χ2n) is 4.92. The van der Waals surface area contributed by atoms with Gasteiger partial charge in [0.2, 0.25) is 0 Å². The molecule has 4 nitrogen and oxygen atoms in total. The van der Waals surface area contributed by atoms with Crippen LogP contribution in [0.3, 0.4) is 0 Å². The van der Waals surface area contributed by atoms with E-state index in [1.807, 2.05) is 38.1 Å². The molecule has 0 aliphatic heterocycles. The number of phenols is 1. The van der Waals surface area contributed by atoms with Crippen LogP contribution in [0.1, 0.15) is 27.8 Å². The minimum atomic E-state index is 0.323. The molecule has 21 heavy (non-hydrogen) atoms. The SMILES string of the molecule is Cc1cc(CNc2ccc(C#N)c(C#N)c2)cc(C)c1O. The monoisotopic (exact) mass is 277 g/mol. The molecule has 0 atom stereocenters. The van der Waals surface area contributed by atoms with Gasteiger partial charge in [-0.25, -0.2) is 0 Å². The summed E-state index contributed by atoms with van der Waals surface area (Å²) in [6.45, 7) is 4.31. The second kappa shape index (κ2) is 5.98. The Bertz CT molecular complexity index is 744. The van der Waals surface area contributed by atoms with Crippen molar-refractivity contribution in [1.29, 1.82) is 10.5 Å². The highest BCUT2D eigenvalue weighted by Gasteiger charge is 2.05. The molecule has 2 rings (SSSR count). The number of aromatic hydroxyl groups is 1. The number of nitrogens with zero attached hydrogens (tertiary/aromatic N) is 2. The molecule has 0 amide bonds. The zero-order valence-corrected chi connectivity index (χ0v) is 11.9. The predicted octanol–water partition coefficient (Wildman–Crippen LogP) is 3.36. The molecule has 0 saturated carbocycles. The molecular weight excluding hydrogens is 262 g/mol. The van der Waals surface area contributed by atoms with Crippen LogP contribution in [-0.2, 0) is 6.54 Å². The lowest BCUT2D eigenvalue weighted by molar-refractivity contribution is 0.466. The summed E-state index contributed by atoms with van der Waals surface area (Å²) in [5.74, 6) is 0.323. The van der Waals surface area contributed by atoms with Gasteiger partial charge in [-0.15, -0.1) is 0 Å². The van der Waals surface area contributed by atoms with E-state index in [9.17, 15) is 5.11 Å². The number of nitrogens with one attached hydrogen (secondary N) is 1. The van der Waals surface area contributed by atoms with Crippen molar-refractivity contribution >= 4 is 5.69 Å². The van der Waals surface area contributed by atoms with Gasteiger partial charge in [0, 0.05) is 12.2 Å². The summed E-state index contributed by atoms with van der Waals surface area (Å²) >= 11 is 0. The van der Waals surface area contributed by atoms with Crippen LogP contribution in [0.25, 0.3) is 0 Å². The lowest BCUT2D eigenvalue weighted by Gasteiger charge is -2.10. The molecule has 0 aliphatic rings. The van der Waals surface area contributed by atoms with Gasteiger partial charge in [-0.05, 0) is 48.7 Å². The summed E-state index contributed by atoms with van der Waals surface area (Å²) < 4.78 is 0. The van der Waals surface area contributed by atoms with E-state index >= 15 is 0 Å². The van der Waals surface area contributed by atoms with Gasteiger partial charge in [-0.1, -0.05) is 12.1 Å². The molecule has 0 aromatic heterocycles. The minimum Gasteiger partial charge on any atom is -0.507 e. The van der Waals surface area contributed by atoms with Gasteiger partial charge in [0.25, 0.3) is 0 Å². The van der Waals surface area contributed by atoms with E-state index in [0.29, 0.717) is 23.4 Å². The van der Waals surface area contributed by atoms with Gasteiger partial charge in [-0.3, -0.25) is 0 Å². The van der Waals surface area contributed by atoms with Gasteiger partial charge >= 0.3 is 0 Å². The maximum Gasteiger partial charge on any atom is 0.121 e. The maximum absolute atomic E-state index is 9.75. The average molecular weight is 277 g/mol. The van der Waals surface area contributed by atoms with Crippen molar-refractivity contribution in [3.63, 3.8) is 0 Å². The zero-order valence-electron chi connectivity index (χ0n) is 11.9. The Morgan fingerprint density at radius 3 is 2.19 bits per heavy atom. The van der Waals surface area contributed by atoms with Gasteiger partial charge in [0.1, 0.15) is 17.9 Å². The van der Waals surface area contributed by atoms with E-state index in [1.165, 1.54) is 0 Å². The Hall–Kier alpha value is -2.98. The number of nitriles is 2. The third-order valence-corrected chi connectivity index (χ3v) is 3.31. The fraction of sp³-hybridized carbons (Fsp3) is 0.176. The molecule has 0 spiro atoms. The van der Waals surface area contributed by atoms with E-state index in [-0.39, 0.29) is 0 Å². The van der Waals surface area contributed by atoms with Crippen LogP contribution in [0.4, 0.5) is 5.69 Å². The first-order valence-corrected chi connectivity index (χ1v) is 6.52. The number of rotatable bonds is 3. The largest absolute Gasteiger partial charge is 0.507 e. The molecule has 104 valence electrons. The third kappa shape index (κ3) is 3.13.